The molecular weight excluding hydrogens is 290 g/mol. The molecule has 4 heteroatoms. The molecule has 0 unspecified atom stereocenters. The zero-order valence-electron chi connectivity index (χ0n) is 10.8. The van der Waals surface area contributed by atoms with Crippen LogP contribution in [-0.4, -0.2) is 9.78 Å². The summed E-state index contributed by atoms with van der Waals surface area (Å²) in [4.78, 5) is 0. The Balaban J connectivity index is 2.60. The van der Waals surface area contributed by atoms with Crippen molar-refractivity contribution in [3.8, 4) is 5.69 Å². The third-order valence-corrected chi connectivity index (χ3v) is 3.83. The van der Waals surface area contributed by atoms with E-state index < -0.39 is 0 Å². The van der Waals surface area contributed by atoms with Gasteiger partial charge in [0.05, 0.1) is 11.4 Å². The molecule has 0 radical (unpaired) electrons. The van der Waals surface area contributed by atoms with Crippen LogP contribution in [0, 0.1) is 0 Å². The molecule has 0 amide bonds. The first-order chi connectivity index (χ1) is 8.71. The van der Waals surface area contributed by atoms with Crippen molar-refractivity contribution in [2.24, 2.45) is 5.73 Å². The molecule has 2 aromatic rings. The summed E-state index contributed by atoms with van der Waals surface area (Å²) in [5, 5.41) is 4.66. The van der Waals surface area contributed by atoms with Crippen molar-refractivity contribution in [3.63, 3.8) is 0 Å². The summed E-state index contributed by atoms with van der Waals surface area (Å²) in [6, 6.07) is 8.27. The van der Waals surface area contributed by atoms with Crippen LogP contribution in [0.3, 0.4) is 0 Å². The molecule has 0 aliphatic heterocycles. The van der Waals surface area contributed by atoms with Crippen molar-refractivity contribution in [1.29, 1.82) is 0 Å². The molecule has 18 heavy (non-hydrogen) atoms. The Morgan fingerprint density at radius 1 is 1.28 bits per heavy atom. The van der Waals surface area contributed by atoms with E-state index in [4.69, 9.17) is 5.73 Å². The fourth-order valence-corrected chi connectivity index (χ4v) is 2.57. The molecule has 1 aromatic carbocycles. The Morgan fingerprint density at radius 3 is 2.67 bits per heavy atom. The van der Waals surface area contributed by atoms with Crippen molar-refractivity contribution in [1.82, 2.24) is 9.78 Å². The van der Waals surface area contributed by atoms with Gasteiger partial charge in [-0.1, -0.05) is 35.8 Å². The fourth-order valence-electron chi connectivity index (χ4n) is 2.06. The second-order valence-electron chi connectivity index (χ2n) is 4.19. The second-order valence-corrected chi connectivity index (χ2v) is 5.04. The molecule has 2 N–H and O–H groups in total. The van der Waals surface area contributed by atoms with Crippen LogP contribution in [0.1, 0.15) is 30.8 Å². The van der Waals surface area contributed by atoms with Gasteiger partial charge in [0.15, 0.2) is 0 Å². The summed E-state index contributed by atoms with van der Waals surface area (Å²) in [6.45, 7) is 4.77. The highest BCUT2D eigenvalue weighted by molar-refractivity contribution is 9.10. The Hall–Kier alpha value is -1.13. The minimum Gasteiger partial charge on any atom is -0.326 e. The molecule has 0 bridgehead atoms. The highest BCUT2D eigenvalue weighted by Crippen LogP contribution is 2.24. The van der Waals surface area contributed by atoms with Crippen molar-refractivity contribution in [2.45, 2.75) is 33.2 Å². The summed E-state index contributed by atoms with van der Waals surface area (Å²) in [7, 11) is 0. The largest absolute Gasteiger partial charge is 0.326 e. The van der Waals surface area contributed by atoms with Crippen molar-refractivity contribution < 1.29 is 0 Å². The van der Waals surface area contributed by atoms with Crippen LogP contribution in [0.5, 0.6) is 0 Å². The van der Waals surface area contributed by atoms with Crippen molar-refractivity contribution in [3.05, 3.63) is 45.7 Å². The van der Waals surface area contributed by atoms with Crippen LogP contribution in [0.4, 0.5) is 0 Å². The molecule has 1 heterocycles. The van der Waals surface area contributed by atoms with Crippen molar-refractivity contribution >= 4 is 15.9 Å². The van der Waals surface area contributed by atoms with E-state index in [-0.39, 0.29) is 0 Å². The third kappa shape index (κ3) is 2.35. The Kier molecular flexibility index (Phi) is 4.19. The number of halogens is 1. The fraction of sp³-hybridized carbons (Fsp3) is 0.357. The molecule has 0 spiro atoms. The number of hydrogen-bond acceptors (Lipinski definition) is 2. The highest BCUT2D eigenvalue weighted by Gasteiger charge is 2.12. The average molecular weight is 308 g/mol. The highest BCUT2D eigenvalue weighted by atomic mass is 79.9. The topological polar surface area (TPSA) is 43.8 Å². The van der Waals surface area contributed by atoms with Gasteiger partial charge in [-0.2, -0.15) is 5.10 Å². The van der Waals surface area contributed by atoms with Gasteiger partial charge in [0, 0.05) is 22.3 Å². The number of nitrogens with two attached hydrogens (primary N) is 1. The van der Waals surface area contributed by atoms with Gasteiger partial charge >= 0.3 is 0 Å². The number of rotatable bonds is 4. The first kappa shape index (κ1) is 13.3. The minimum atomic E-state index is 0.501. The van der Waals surface area contributed by atoms with Crippen LogP contribution >= 0.6 is 15.9 Å². The summed E-state index contributed by atoms with van der Waals surface area (Å²) >= 11 is 3.55. The molecule has 0 aliphatic carbocycles. The monoisotopic (exact) mass is 307 g/mol. The summed E-state index contributed by atoms with van der Waals surface area (Å²) in [5.74, 6) is 0. The molecular formula is C14H18BrN3. The molecule has 0 saturated carbocycles. The standard InChI is InChI=1S/C14H18BrN3/c1-3-10-8-11(4-2)18(17-10)14-7-5-6-13(15)12(14)9-16/h5-8H,3-4,9,16H2,1-2H3. The molecule has 2 rings (SSSR count). The lowest BCUT2D eigenvalue weighted by atomic mass is 10.1. The van der Waals surface area contributed by atoms with Gasteiger partial charge in [-0.25, -0.2) is 4.68 Å². The normalized spacial score (nSPS) is 10.9. The Bertz CT molecular complexity index is 546. The lowest BCUT2D eigenvalue weighted by Gasteiger charge is -2.12. The van der Waals surface area contributed by atoms with Crippen LogP contribution in [0.2, 0.25) is 0 Å². The van der Waals surface area contributed by atoms with Crippen LogP contribution in [0.15, 0.2) is 28.7 Å². The van der Waals surface area contributed by atoms with Gasteiger partial charge in [0.2, 0.25) is 0 Å². The summed E-state index contributed by atoms with van der Waals surface area (Å²) in [6.07, 6.45) is 1.91. The Labute approximate surface area is 116 Å². The molecule has 0 fully saturated rings. The zero-order valence-corrected chi connectivity index (χ0v) is 12.4. The lowest BCUT2D eigenvalue weighted by Crippen LogP contribution is -2.09. The molecule has 0 aliphatic rings. The number of nitrogens with zero attached hydrogens (tertiary/aromatic N) is 2. The number of aromatic nitrogens is 2. The van der Waals surface area contributed by atoms with Crippen LogP contribution in [-0.2, 0) is 19.4 Å². The molecule has 3 nitrogen and oxygen atoms in total. The zero-order chi connectivity index (χ0) is 13.1. The third-order valence-electron chi connectivity index (χ3n) is 3.08. The molecule has 1 aromatic heterocycles. The first-order valence-corrected chi connectivity index (χ1v) is 7.06. The van der Waals surface area contributed by atoms with Gasteiger partial charge in [0.1, 0.15) is 0 Å². The lowest BCUT2D eigenvalue weighted by molar-refractivity contribution is 0.782. The average Bonchev–Trinajstić information content (AvgIpc) is 2.81. The Morgan fingerprint density at radius 2 is 2.06 bits per heavy atom. The molecule has 0 atom stereocenters. The summed E-state index contributed by atoms with van der Waals surface area (Å²) in [5.41, 5.74) is 10.4. The quantitative estimate of drug-likeness (QED) is 0.942. The molecule has 96 valence electrons. The van der Waals surface area contributed by atoms with E-state index in [1.54, 1.807) is 0 Å². The summed E-state index contributed by atoms with van der Waals surface area (Å²) < 4.78 is 3.06. The predicted octanol–water partition coefficient (Wildman–Crippen LogP) is 3.22. The maximum atomic E-state index is 5.85. The van der Waals surface area contributed by atoms with Crippen molar-refractivity contribution in [2.75, 3.05) is 0 Å². The van der Waals surface area contributed by atoms with Gasteiger partial charge in [0.25, 0.3) is 0 Å². The number of hydrogen-bond donors (Lipinski definition) is 1. The molecule has 0 saturated heterocycles. The van der Waals surface area contributed by atoms with E-state index in [9.17, 15) is 0 Å². The van der Waals surface area contributed by atoms with E-state index in [1.807, 2.05) is 16.8 Å². The maximum absolute atomic E-state index is 5.85. The van der Waals surface area contributed by atoms with Gasteiger partial charge in [-0.15, -0.1) is 0 Å². The van der Waals surface area contributed by atoms with Gasteiger partial charge < -0.3 is 5.73 Å². The minimum absolute atomic E-state index is 0.501. The van der Waals surface area contributed by atoms with E-state index in [0.29, 0.717) is 6.54 Å². The van der Waals surface area contributed by atoms with Crippen LogP contribution < -0.4 is 5.73 Å². The number of benzene rings is 1. The second kappa shape index (κ2) is 5.67. The SMILES string of the molecule is CCc1cc(CC)n(-c2cccc(Br)c2CN)n1. The van der Waals surface area contributed by atoms with E-state index in [0.717, 1.165) is 34.3 Å². The smallest absolute Gasteiger partial charge is 0.0705 e. The predicted molar refractivity (Wildman–Crippen MR) is 77.9 cm³/mol. The van der Waals surface area contributed by atoms with Gasteiger partial charge in [-0.05, 0) is 31.0 Å². The van der Waals surface area contributed by atoms with E-state index >= 15 is 0 Å². The maximum Gasteiger partial charge on any atom is 0.0705 e. The van der Waals surface area contributed by atoms with Gasteiger partial charge in [-0.3, -0.25) is 0 Å². The van der Waals surface area contributed by atoms with E-state index in [2.05, 4.69) is 47.0 Å². The van der Waals surface area contributed by atoms with Crippen LogP contribution in [0.25, 0.3) is 5.69 Å². The number of aryl methyl sites for hydroxylation is 2. The van der Waals surface area contributed by atoms with E-state index in [1.165, 1.54) is 5.69 Å². The first-order valence-electron chi connectivity index (χ1n) is 6.26.